The molecule has 0 aliphatic rings. The molecule has 23 heavy (non-hydrogen) atoms. The Labute approximate surface area is 142 Å². The summed E-state index contributed by atoms with van der Waals surface area (Å²) in [6.07, 6.45) is 0.204. The Bertz CT molecular complexity index is 749. The summed E-state index contributed by atoms with van der Waals surface area (Å²) in [7, 11) is -2.15. The lowest BCUT2D eigenvalue weighted by molar-refractivity contribution is -0.122. The van der Waals surface area contributed by atoms with Crippen LogP contribution in [0.15, 0.2) is 16.3 Å². The molecule has 0 aliphatic heterocycles. The molecule has 2 aromatic rings. The molecule has 0 saturated heterocycles. The van der Waals surface area contributed by atoms with E-state index in [1.165, 1.54) is 17.4 Å². The summed E-state index contributed by atoms with van der Waals surface area (Å²) < 4.78 is 33.9. The van der Waals surface area contributed by atoms with E-state index in [2.05, 4.69) is 5.32 Å². The summed E-state index contributed by atoms with van der Waals surface area (Å²) >= 11 is 2.31. The normalized spacial score (nSPS) is 13.3. The minimum atomic E-state index is -3.70. The van der Waals surface area contributed by atoms with Gasteiger partial charge in [-0.05, 0) is 19.1 Å². The first-order valence-electron chi connectivity index (χ1n) is 6.84. The van der Waals surface area contributed by atoms with Crippen LogP contribution in [0.1, 0.15) is 23.0 Å². The van der Waals surface area contributed by atoms with Crippen LogP contribution in [0.2, 0.25) is 0 Å². The van der Waals surface area contributed by atoms with Crippen molar-refractivity contribution in [2.45, 2.75) is 23.8 Å². The Balaban J connectivity index is 1.97. The minimum Gasteiger partial charge on any atom is -0.356 e. The van der Waals surface area contributed by atoms with Gasteiger partial charge in [-0.25, -0.2) is 13.6 Å². The molecule has 1 amide bonds. The summed E-state index contributed by atoms with van der Waals surface area (Å²) in [6.45, 7) is 2.84. The fourth-order valence-corrected chi connectivity index (χ4v) is 5.17. The largest absolute Gasteiger partial charge is 0.356 e. The molecule has 0 aliphatic carbocycles. The van der Waals surface area contributed by atoms with Gasteiger partial charge in [0, 0.05) is 32.1 Å². The van der Waals surface area contributed by atoms with Crippen molar-refractivity contribution in [1.29, 1.82) is 0 Å². The zero-order chi connectivity index (χ0) is 17.0. The van der Waals surface area contributed by atoms with Gasteiger partial charge in [-0.15, -0.1) is 22.7 Å². The summed E-state index contributed by atoms with van der Waals surface area (Å²) in [5.74, 6) is -0.207. The monoisotopic (exact) mass is 378 g/mol. The fraction of sp³-hybridized carbons (Fsp3) is 0.462. The second-order valence-electron chi connectivity index (χ2n) is 4.63. The molecule has 0 radical (unpaired) electrons. The third-order valence-corrected chi connectivity index (χ3v) is 6.79. The first-order chi connectivity index (χ1) is 10.8. The lowest BCUT2D eigenvalue weighted by atomic mass is 10.3. The molecule has 2 rings (SSSR count). The maximum Gasteiger partial charge on any atom is 0.261 e. The van der Waals surface area contributed by atoms with Gasteiger partial charge in [0.15, 0.2) is 6.29 Å². The van der Waals surface area contributed by atoms with Crippen LogP contribution in [0, 0.1) is 0 Å². The fourth-order valence-electron chi connectivity index (χ4n) is 1.91. The number of rotatable bonds is 8. The zero-order valence-corrected chi connectivity index (χ0v) is 15.1. The molecular weight excluding hydrogens is 360 g/mol. The molecule has 0 saturated carbocycles. The smallest absolute Gasteiger partial charge is 0.261 e. The van der Waals surface area contributed by atoms with Gasteiger partial charge in [0.25, 0.3) is 5.91 Å². The van der Waals surface area contributed by atoms with Crippen molar-refractivity contribution in [3.8, 4) is 0 Å². The van der Waals surface area contributed by atoms with Crippen LogP contribution >= 0.6 is 22.7 Å². The van der Waals surface area contributed by atoms with Crippen molar-refractivity contribution in [2.75, 3.05) is 20.3 Å². The predicted octanol–water partition coefficient (Wildman–Crippen LogP) is 1.74. The van der Waals surface area contributed by atoms with E-state index < -0.39 is 10.0 Å². The molecular formula is C13H18N2O5S3. The average molecular weight is 378 g/mol. The number of primary sulfonamides is 1. The van der Waals surface area contributed by atoms with E-state index in [9.17, 15) is 13.2 Å². The van der Waals surface area contributed by atoms with E-state index in [0.717, 1.165) is 15.4 Å². The van der Waals surface area contributed by atoms with E-state index in [0.29, 0.717) is 29.8 Å². The lowest BCUT2D eigenvalue weighted by Crippen LogP contribution is -2.28. The zero-order valence-electron chi connectivity index (χ0n) is 12.7. The summed E-state index contributed by atoms with van der Waals surface area (Å²) in [5, 5.41) is 8.59. The number of hydrogen-bond acceptors (Lipinski definition) is 7. The van der Waals surface area contributed by atoms with Crippen LogP contribution in [0.3, 0.4) is 0 Å². The van der Waals surface area contributed by atoms with Crippen LogP contribution < -0.4 is 10.5 Å². The predicted molar refractivity (Wildman–Crippen MR) is 90.4 cm³/mol. The number of hydrogen-bond donors (Lipinski definition) is 2. The maximum atomic E-state index is 12.1. The highest BCUT2D eigenvalue weighted by Crippen LogP contribution is 2.35. The van der Waals surface area contributed by atoms with E-state index in [-0.39, 0.29) is 16.4 Å². The molecule has 7 nitrogen and oxygen atoms in total. The molecule has 0 spiro atoms. The molecule has 2 aromatic heterocycles. The SMILES string of the molecule is CCOC(CCNC(=O)c1cc2cc(S(N)(=O)=O)sc2s1)OC. The summed E-state index contributed by atoms with van der Waals surface area (Å²) in [4.78, 5) is 12.6. The number of sulfonamides is 1. The summed E-state index contributed by atoms with van der Waals surface area (Å²) in [6, 6.07) is 3.15. The second kappa shape index (κ2) is 7.69. The molecule has 0 fully saturated rings. The van der Waals surface area contributed by atoms with Gasteiger partial charge in [0.2, 0.25) is 10.0 Å². The molecule has 0 bridgehead atoms. The number of carbonyl (C=O) groups excluding carboxylic acids is 1. The molecule has 10 heteroatoms. The van der Waals surface area contributed by atoms with Crippen molar-refractivity contribution in [2.24, 2.45) is 5.14 Å². The second-order valence-corrected chi connectivity index (χ2v) is 8.78. The first kappa shape index (κ1) is 18.3. The Morgan fingerprint density at radius 2 is 2.13 bits per heavy atom. The van der Waals surface area contributed by atoms with Crippen molar-refractivity contribution in [3.05, 3.63) is 17.0 Å². The number of thiophene rings is 2. The Morgan fingerprint density at radius 1 is 1.39 bits per heavy atom. The van der Waals surface area contributed by atoms with Crippen molar-refractivity contribution >= 4 is 48.0 Å². The highest BCUT2D eigenvalue weighted by Gasteiger charge is 2.17. The van der Waals surface area contributed by atoms with E-state index in [1.54, 1.807) is 13.2 Å². The van der Waals surface area contributed by atoms with Crippen LogP contribution in [-0.4, -0.2) is 40.9 Å². The number of fused-ring (bicyclic) bond motifs is 1. The number of methoxy groups -OCH3 is 1. The molecule has 1 unspecified atom stereocenters. The van der Waals surface area contributed by atoms with E-state index in [1.807, 2.05) is 6.92 Å². The van der Waals surface area contributed by atoms with Crippen molar-refractivity contribution < 1.29 is 22.7 Å². The third-order valence-electron chi connectivity index (χ3n) is 2.98. The topological polar surface area (TPSA) is 108 Å². The van der Waals surface area contributed by atoms with E-state index >= 15 is 0 Å². The van der Waals surface area contributed by atoms with Crippen molar-refractivity contribution in [1.82, 2.24) is 5.32 Å². The molecule has 1 atom stereocenters. The highest BCUT2D eigenvalue weighted by atomic mass is 32.2. The van der Waals surface area contributed by atoms with Crippen LogP contribution in [0.4, 0.5) is 0 Å². The van der Waals surface area contributed by atoms with Crippen LogP contribution in [-0.2, 0) is 19.5 Å². The number of ether oxygens (including phenoxy) is 2. The van der Waals surface area contributed by atoms with Gasteiger partial charge in [0.1, 0.15) is 4.21 Å². The van der Waals surface area contributed by atoms with Crippen LogP contribution in [0.25, 0.3) is 9.40 Å². The van der Waals surface area contributed by atoms with Gasteiger partial charge in [-0.2, -0.15) is 0 Å². The highest BCUT2D eigenvalue weighted by molar-refractivity contribution is 7.91. The number of carbonyl (C=O) groups is 1. The first-order valence-corrected chi connectivity index (χ1v) is 10.0. The quantitative estimate of drug-likeness (QED) is 0.680. The van der Waals surface area contributed by atoms with Gasteiger partial charge >= 0.3 is 0 Å². The Hall–Kier alpha value is -1.04. The van der Waals surface area contributed by atoms with Gasteiger partial charge in [0.05, 0.1) is 8.89 Å². The third kappa shape index (κ3) is 4.72. The number of nitrogens with one attached hydrogen (secondary N) is 1. The molecule has 128 valence electrons. The van der Waals surface area contributed by atoms with Gasteiger partial charge in [-0.3, -0.25) is 4.79 Å². The standard InChI is InChI=1S/C13H18N2O5S3/c1-3-20-10(19-2)4-5-15-12(16)9-6-8-7-11(23(14,17)18)22-13(8)21-9/h6-7,10H,3-5H2,1-2H3,(H,15,16)(H2,14,17,18). The molecule has 0 aromatic carbocycles. The Morgan fingerprint density at radius 3 is 2.70 bits per heavy atom. The minimum absolute atomic E-state index is 0.102. The van der Waals surface area contributed by atoms with Gasteiger partial charge in [-0.1, -0.05) is 0 Å². The average Bonchev–Trinajstić information content (AvgIpc) is 3.04. The maximum absolute atomic E-state index is 12.1. The van der Waals surface area contributed by atoms with Crippen LogP contribution in [0.5, 0.6) is 0 Å². The summed E-state index contributed by atoms with van der Waals surface area (Å²) in [5.41, 5.74) is 0. The van der Waals surface area contributed by atoms with E-state index in [4.69, 9.17) is 14.6 Å². The lowest BCUT2D eigenvalue weighted by Gasteiger charge is -2.14. The van der Waals surface area contributed by atoms with Gasteiger partial charge < -0.3 is 14.8 Å². The molecule has 3 N–H and O–H groups in total. The Kier molecular flexibility index (Phi) is 6.12. The number of nitrogens with two attached hydrogens (primary N) is 1. The number of amides is 1. The van der Waals surface area contributed by atoms with Crippen molar-refractivity contribution in [3.63, 3.8) is 0 Å². The molecule has 2 heterocycles.